The highest BCUT2D eigenvalue weighted by atomic mass is 16.5. The maximum atomic E-state index is 13.6. The van der Waals surface area contributed by atoms with Gasteiger partial charge in [-0.05, 0) is 42.9 Å². The Kier molecular flexibility index (Phi) is 5.02. The number of carbonyl (C=O) groups excluding carboxylic acids is 1. The first-order valence-corrected chi connectivity index (χ1v) is 9.72. The molecule has 3 unspecified atom stereocenters. The van der Waals surface area contributed by atoms with Crippen LogP contribution in [0.2, 0.25) is 0 Å². The van der Waals surface area contributed by atoms with Crippen LogP contribution >= 0.6 is 0 Å². The number of likely N-dealkylation sites (tertiary alicyclic amines) is 1. The summed E-state index contributed by atoms with van der Waals surface area (Å²) in [5.41, 5.74) is 2.58. The fourth-order valence-corrected chi connectivity index (χ4v) is 4.81. The molecule has 2 aliphatic rings. The highest BCUT2D eigenvalue weighted by molar-refractivity contribution is 6.01. The van der Waals surface area contributed by atoms with E-state index in [4.69, 9.17) is 9.47 Å². The average Bonchev–Trinajstić information content (AvgIpc) is 3.13. The van der Waals surface area contributed by atoms with Gasteiger partial charge in [0, 0.05) is 26.3 Å². The van der Waals surface area contributed by atoms with E-state index in [1.165, 1.54) is 0 Å². The molecule has 1 saturated carbocycles. The molecule has 1 aliphatic heterocycles. The predicted molar refractivity (Wildman–Crippen MR) is 106 cm³/mol. The fraction of sp³-hybridized carbons (Fsp3) is 0.435. The molecule has 2 aromatic carbocycles. The molecule has 4 heteroatoms. The molecule has 2 fully saturated rings. The van der Waals surface area contributed by atoms with Crippen LogP contribution in [0.5, 0.6) is 0 Å². The van der Waals surface area contributed by atoms with E-state index in [2.05, 4.69) is 12.1 Å². The molecule has 0 bridgehead atoms. The van der Waals surface area contributed by atoms with Crippen LogP contribution < -0.4 is 0 Å². The first-order valence-electron chi connectivity index (χ1n) is 9.72. The van der Waals surface area contributed by atoms with Crippen LogP contribution in [0.1, 0.15) is 36.0 Å². The van der Waals surface area contributed by atoms with Crippen molar-refractivity contribution in [2.24, 2.45) is 0 Å². The second kappa shape index (κ2) is 7.45. The number of amides is 1. The van der Waals surface area contributed by atoms with Gasteiger partial charge < -0.3 is 14.4 Å². The van der Waals surface area contributed by atoms with Crippen molar-refractivity contribution >= 4 is 5.91 Å². The van der Waals surface area contributed by atoms with Gasteiger partial charge in [-0.3, -0.25) is 4.79 Å². The Balaban J connectivity index is 1.68. The van der Waals surface area contributed by atoms with E-state index < -0.39 is 0 Å². The summed E-state index contributed by atoms with van der Waals surface area (Å²) in [6, 6.07) is 18.1. The van der Waals surface area contributed by atoms with E-state index in [0.717, 1.165) is 48.9 Å². The summed E-state index contributed by atoms with van der Waals surface area (Å²) in [6.07, 6.45) is 3.85. The minimum Gasteiger partial charge on any atom is -0.381 e. The van der Waals surface area contributed by atoms with Gasteiger partial charge in [-0.2, -0.15) is 0 Å². The van der Waals surface area contributed by atoms with Gasteiger partial charge in [0.1, 0.15) is 0 Å². The third kappa shape index (κ3) is 3.17. The van der Waals surface area contributed by atoms with E-state index in [1.54, 1.807) is 14.2 Å². The van der Waals surface area contributed by atoms with Gasteiger partial charge in [-0.25, -0.2) is 0 Å². The first-order chi connectivity index (χ1) is 13.2. The van der Waals surface area contributed by atoms with Gasteiger partial charge in [0.2, 0.25) is 0 Å². The molecule has 4 nitrogen and oxygen atoms in total. The van der Waals surface area contributed by atoms with E-state index in [-0.39, 0.29) is 23.7 Å². The van der Waals surface area contributed by atoms with Gasteiger partial charge >= 0.3 is 0 Å². The Morgan fingerprint density at radius 2 is 1.78 bits per heavy atom. The Morgan fingerprint density at radius 1 is 1.04 bits per heavy atom. The maximum Gasteiger partial charge on any atom is 0.254 e. The predicted octanol–water partition coefficient (Wildman–Crippen LogP) is 4.15. The van der Waals surface area contributed by atoms with Gasteiger partial charge in [0.05, 0.1) is 17.7 Å². The molecule has 1 heterocycles. The van der Waals surface area contributed by atoms with Crippen molar-refractivity contribution in [1.82, 2.24) is 4.90 Å². The van der Waals surface area contributed by atoms with E-state index in [1.807, 2.05) is 47.4 Å². The molecule has 0 radical (unpaired) electrons. The summed E-state index contributed by atoms with van der Waals surface area (Å²) in [4.78, 5) is 15.6. The highest BCUT2D eigenvalue weighted by Gasteiger charge is 2.52. The second-order valence-electron chi connectivity index (χ2n) is 7.58. The topological polar surface area (TPSA) is 38.8 Å². The van der Waals surface area contributed by atoms with E-state index >= 15 is 0 Å². The summed E-state index contributed by atoms with van der Waals surface area (Å²) in [5.74, 6) is 0.0927. The van der Waals surface area contributed by atoms with Crippen molar-refractivity contribution in [3.8, 4) is 11.1 Å². The molecule has 0 N–H and O–H groups in total. The number of benzene rings is 2. The molecule has 1 amide bonds. The fourth-order valence-electron chi connectivity index (χ4n) is 4.81. The van der Waals surface area contributed by atoms with Gasteiger partial charge in [-0.1, -0.05) is 48.5 Å². The summed E-state index contributed by atoms with van der Waals surface area (Å²) < 4.78 is 11.6. The Bertz CT molecular complexity index is 806. The third-order valence-corrected chi connectivity index (χ3v) is 6.38. The van der Waals surface area contributed by atoms with E-state index in [9.17, 15) is 4.79 Å². The van der Waals surface area contributed by atoms with Crippen molar-refractivity contribution < 1.29 is 14.3 Å². The number of ether oxygens (including phenoxy) is 2. The molecular weight excluding hydrogens is 338 g/mol. The van der Waals surface area contributed by atoms with Crippen LogP contribution in [0.3, 0.4) is 0 Å². The summed E-state index contributed by atoms with van der Waals surface area (Å²) >= 11 is 0. The van der Waals surface area contributed by atoms with Gasteiger partial charge in [0.15, 0.2) is 0 Å². The molecule has 1 saturated heterocycles. The maximum absolute atomic E-state index is 13.6. The van der Waals surface area contributed by atoms with Crippen LogP contribution in [0.4, 0.5) is 0 Å². The molecule has 2 aromatic rings. The van der Waals surface area contributed by atoms with Crippen molar-refractivity contribution in [3.63, 3.8) is 0 Å². The SMILES string of the molecule is COC1CCC2(OC)CCN(C(=O)c3ccccc3-c3ccccc3)C2C1. The summed E-state index contributed by atoms with van der Waals surface area (Å²) in [5, 5.41) is 0. The smallest absolute Gasteiger partial charge is 0.254 e. The lowest BCUT2D eigenvalue weighted by Crippen LogP contribution is -2.53. The summed E-state index contributed by atoms with van der Waals surface area (Å²) in [7, 11) is 3.54. The molecule has 142 valence electrons. The second-order valence-corrected chi connectivity index (χ2v) is 7.58. The molecule has 27 heavy (non-hydrogen) atoms. The number of nitrogens with zero attached hydrogens (tertiary/aromatic N) is 1. The standard InChI is InChI=1S/C23H27NO3/c1-26-18-12-13-23(27-2)14-15-24(21(23)16-18)22(25)20-11-7-6-10-19(20)17-8-4-3-5-9-17/h3-11,18,21H,12-16H2,1-2H3. The zero-order chi connectivity index (χ0) is 18.9. The molecular formula is C23H27NO3. The number of carbonyl (C=O) groups is 1. The van der Waals surface area contributed by atoms with Crippen molar-refractivity contribution in [2.75, 3.05) is 20.8 Å². The van der Waals surface area contributed by atoms with Crippen LogP contribution in [0, 0.1) is 0 Å². The molecule has 0 spiro atoms. The number of hydrogen-bond acceptors (Lipinski definition) is 3. The van der Waals surface area contributed by atoms with E-state index in [0.29, 0.717) is 0 Å². The molecule has 1 aliphatic carbocycles. The molecule has 3 atom stereocenters. The minimum absolute atomic E-state index is 0.0672. The van der Waals surface area contributed by atoms with Crippen molar-refractivity contribution in [3.05, 3.63) is 60.2 Å². The lowest BCUT2D eigenvalue weighted by molar-refractivity contribution is -0.0893. The van der Waals surface area contributed by atoms with Crippen LogP contribution in [0.15, 0.2) is 54.6 Å². The number of hydrogen-bond donors (Lipinski definition) is 0. The van der Waals surface area contributed by atoms with Crippen molar-refractivity contribution in [2.45, 2.75) is 43.4 Å². The zero-order valence-corrected chi connectivity index (χ0v) is 16.1. The van der Waals surface area contributed by atoms with Crippen LogP contribution in [-0.2, 0) is 9.47 Å². The first kappa shape index (κ1) is 18.2. The Morgan fingerprint density at radius 3 is 2.52 bits per heavy atom. The quantitative estimate of drug-likeness (QED) is 0.817. The largest absolute Gasteiger partial charge is 0.381 e. The molecule has 0 aromatic heterocycles. The zero-order valence-electron chi connectivity index (χ0n) is 16.1. The van der Waals surface area contributed by atoms with Gasteiger partial charge in [-0.15, -0.1) is 0 Å². The lowest BCUT2D eigenvalue weighted by Gasteiger charge is -2.43. The Hall–Kier alpha value is -2.17. The average molecular weight is 365 g/mol. The highest BCUT2D eigenvalue weighted by Crippen LogP contribution is 2.44. The van der Waals surface area contributed by atoms with Crippen LogP contribution in [-0.4, -0.2) is 49.3 Å². The Labute approximate surface area is 161 Å². The number of rotatable bonds is 4. The number of fused-ring (bicyclic) bond motifs is 1. The van der Waals surface area contributed by atoms with Gasteiger partial charge in [0.25, 0.3) is 5.91 Å². The monoisotopic (exact) mass is 365 g/mol. The van der Waals surface area contributed by atoms with Crippen LogP contribution in [0.25, 0.3) is 11.1 Å². The summed E-state index contributed by atoms with van der Waals surface area (Å²) in [6.45, 7) is 0.733. The molecule has 4 rings (SSSR count). The normalized spacial score (nSPS) is 27.4. The lowest BCUT2D eigenvalue weighted by atomic mass is 9.79. The number of methoxy groups -OCH3 is 2. The van der Waals surface area contributed by atoms with Crippen molar-refractivity contribution in [1.29, 1.82) is 0 Å². The minimum atomic E-state index is -0.230. The third-order valence-electron chi connectivity index (χ3n) is 6.38.